The summed E-state index contributed by atoms with van der Waals surface area (Å²) in [6, 6.07) is -5.12. The van der Waals surface area contributed by atoms with Crippen molar-refractivity contribution in [3.63, 3.8) is 0 Å². The van der Waals surface area contributed by atoms with Gasteiger partial charge in [-0.25, -0.2) is 102 Å². The molecule has 6 fully saturated rings. The Morgan fingerprint density at radius 2 is 0.806 bits per heavy atom. The van der Waals surface area contributed by atoms with Gasteiger partial charge in [0.25, 0.3) is 16.7 Å². The van der Waals surface area contributed by atoms with E-state index in [1.807, 2.05) is 4.98 Å². The summed E-state index contributed by atoms with van der Waals surface area (Å²) in [6.07, 6.45) is -14.0. The van der Waals surface area contributed by atoms with Gasteiger partial charge in [0.05, 0.1) is 113 Å². The van der Waals surface area contributed by atoms with E-state index in [1.54, 1.807) is 0 Å². The molecule has 0 aliphatic carbocycles. The van der Waals surface area contributed by atoms with Crippen LogP contribution in [0.1, 0.15) is 75.0 Å². The van der Waals surface area contributed by atoms with Crippen molar-refractivity contribution in [3.8, 4) is 0 Å². The third-order valence-electron chi connectivity index (χ3n) is 20.5. The number of hydrogen-bond donors (Lipinski definition) is 21. The molecule has 0 spiro atoms. The van der Waals surface area contributed by atoms with Crippen molar-refractivity contribution < 1.29 is 127 Å². The van der Waals surface area contributed by atoms with E-state index in [0.29, 0.717) is 0 Å². The van der Waals surface area contributed by atoms with Gasteiger partial charge < -0.3 is 95.8 Å². The lowest BCUT2D eigenvalue weighted by Crippen LogP contribution is -2.41. The molecule has 6 saturated heterocycles. The van der Waals surface area contributed by atoms with Crippen LogP contribution in [0.3, 0.4) is 0 Å². The first kappa shape index (κ1) is 90.0. The monoisotopic (exact) mass is 1870 g/mol. The van der Waals surface area contributed by atoms with Gasteiger partial charge in [-0.15, -0.1) is 0 Å². The van der Waals surface area contributed by atoms with E-state index in [2.05, 4.69) is 80.3 Å². The van der Waals surface area contributed by atoms with Gasteiger partial charge in [0.15, 0.2) is 40.3 Å². The number of ether oxygens (including phenoxy) is 6. The number of rotatable bonds is 34. The molecular formula is C58H79N27O33P6. The number of aliphatic hydroxyl groups is 2. The van der Waals surface area contributed by atoms with Gasteiger partial charge in [-0.05, 0) is 13.0 Å². The number of nitrogen functional groups attached to an aromatic ring is 4. The quantitative estimate of drug-likeness (QED) is 0.0167. The molecule has 0 bridgehead atoms. The zero-order valence-electron chi connectivity index (χ0n) is 63.5. The van der Waals surface area contributed by atoms with E-state index < -0.39 is 256 Å². The van der Waals surface area contributed by atoms with E-state index in [1.165, 1.54) is 45.5 Å². The molecule has 5 unspecified atom stereocenters. The van der Waals surface area contributed by atoms with Crippen LogP contribution in [0.15, 0.2) is 91.1 Å². The topological polar surface area (TPSA) is 855 Å². The number of imidazole rings is 3. The number of aromatic nitrogens is 18. The third-order valence-corrected chi connectivity index (χ3v) is 26.8. The highest BCUT2D eigenvalue weighted by Crippen LogP contribution is 2.51. The Bertz CT molecular complexity index is 6210. The van der Waals surface area contributed by atoms with Crippen LogP contribution in [0.2, 0.25) is 0 Å². The fourth-order valence-corrected chi connectivity index (χ4v) is 20.6. The molecule has 6 aliphatic heterocycles. The largest absolute Gasteiger partial charge is 0.469 e. The highest BCUT2D eigenvalue weighted by molar-refractivity contribution is 7.51. The van der Waals surface area contributed by atoms with Crippen LogP contribution in [0.25, 0.3) is 33.5 Å². The van der Waals surface area contributed by atoms with Gasteiger partial charge in [-0.2, -0.15) is 9.97 Å². The summed E-state index contributed by atoms with van der Waals surface area (Å²) in [7, 11) is -31.6. The Hall–Kier alpha value is -8.77. The summed E-state index contributed by atoms with van der Waals surface area (Å²) >= 11 is 0. The lowest BCUT2D eigenvalue weighted by atomic mass is 10.1. The van der Waals surface area contributed by atoms with E-state index in [0.717, 1.165) is 51.1 Å². The van der Waals surface area contributed by atoms with Crippen molar-refractivity contribution in [3.05, 3.63) is 130 Å². The molecule has 15 rings (SSSR count). The second-order valence-corrected chi connectivity index (χ2v) is 37.9. The molecule has 66 heteroatoms. The van der Waals surface area contributed by atoms with E-state index in [-0.39, 0.29) is 75.3 Å². The molecule has 0 amide bonds. The molecule has 0 saturated carbocycles. The molecule has 25 N–H and O–H groups in total. The number of aryl methyl sites for hydroxylation is 1. The average molecular weight is 1870 g/mol. The molecule has 60 nitrogen and oxygen atoms in total. The molecule has 15 heterocycles. The molecule has 9 aromatic heterocycles. The summed E-state index contributed by atoms with van der Waals surface area (Å²) in [4.78, 5) is 197. The lowest BCUT2D eigenvalue weighted by Gasteiger charge is -2.27. The van der Waals surface area contributed by atoms with Gasteiger partial charge in [0, 0.05) is 62.3 Å². The number of anilines is 4. The van der Waals surface area contributed by atoms with E-state index >= 15 is 0 Å². The van der Waals surface area contributed by atoms with Crippen LogP contribution >= 0.6 is 46.6 Å². The maximum absolute atomic E-state index is 14.7. The number of H-pyrrole nitrogens is 3. The summed E-state index contributed by atoms with van der Waals surface area (Å²) < 4.78 is 159. The fraction of sp³-hybridized carbons (Fsp3) is 0.534. The van der Waals surface area contributed by atoms with Gasteiger partial charge >= 0.3 is 63.6 Å². The van der Waals surface area contributed by atoms with Crippen molar-refractivity contribution in [2.75, 3.05) is 62.6 Å². The molecule has 0 aromatic carbocycles. The SMILES string of the molecule is Cc1cn([C@H]2C[C@H](NP(=O)(O)OC[C@H]3O[C@@H](n4cnc5c(=O)[nH]c(N)nc54)C[C@@H]3NP(=O)(O)OC[C@H]3O[C@@H](n4cnc5c(N)ncnc54)C[C@@H]3NP(=O)(O)OC[C@H]3O[C@@H](n4ccc(N)nc4=O)C[C@@H]3NP(=O)(O)OC[C@H]3O[C@@H](n4ccc(=O)[nH]c4=O)[C@H](O)[C@@H]3O)[C@@H](COP(=O)(O)N[C@H]3C[C@H](n4cnc5c(N)ncnc54)O[C@@H]3COP(=O)(O)O)O2)c(=O)[nH]c1=O. The minimum Gasteiger partial charge on any atom is -0.387 e. The van der Waals surface area contributed by atoms with E-state index in [4.69, 9.17) is 78.5 Å². The average Bonchev–Trinajstić information content (AvgIpc) is 1.62. The molecule has 0 radical (unpaired) electrons. The molecule has 124 heavy (non-hydrogen) atoms. The Kier molecular flexibility index (Phi) is 25.7. The van der Waals surface area contributed by atoms with Crippen LogP contribution in [-0.4, -0.2) is 250 Å². The number of nitrogens with zero attached hydrogens (tertiary/aromatic N) is 15. The Balaban J connectivity index is 0.642. The van der Waals surface area contributed by atoms with Gasteiger partial charge in [-0.3, -0.25) is 83.9 Å². The van der Waals surface area contributed by atoms with Gasteiger partial charge in [-0.1, -0.05) is 0 Å². The normalized spacial score (nSPS) is 29.8. The number of aliphatic hydroxyl groups excluding tert-OH is 2. The number of fused-ring (bicyclic) bond motifs is 3. The fourth-order valence-electron chi connectivity index (χ4n) is 14.7. The zero-order valence-corrected chi connectivity index (χ0v) is 68.9. The third kappa shape index (κ3) is 20.3. The Morgan fingerprint density at radius 3 is 1.23 bits per heavy atom. The number of phosphoric acid groups is 1. The highest BCUT2D eigenvalue weighted by Gasteiger charge is 2.51. The minimum atomic E-state index is -5.37. The summed E-state index contributed by atoms with van der Waals surface area (Å²) in [5, 5.41) is 33.6. The van der Waals surface area contributed by atoms with Gasteiger partial charge in [0.2, 0.25) is 5.95 Å². The van der Waals surface area contributed by atoms with Crippen molar-refractivity contribution in [1.29, 1.82) is 0 Å². The smallest absolute Gasteiger partial charge is 0.387 e. The summed E-state index contributed by atoms with van der Waals surface area (Å²) in [5.41, 5.74) is 18.4. The van der Waals surface area contributed by atoms with Crippen molar-refractivity contribution >= 4 is 103 Å². The Labute approximate surface area is 689 Å². The van der Waals surface area contributed by atoms with Crippen LogP contribution in [0, 0.1) is 6.92 Å². The standard InChI is InChI=1S/C58H79N27O33P6/c1-23-11-82(58(93)74-52(23)89)38-7-25(30(114-38)13-108-122(100,101)79-28-9-40(117-33(28)16-112-124(104,105)106)84-21-68-43-48(61)64-19-66-50(43)84)76-119(94,95)110-15-32-27(10-41(116-32)85-22-69-44-51(85)72-55(62)73-53(44)90)78-121(98,99)109-14-31-26(8-39(115-31)83-20-67-42-47(60)63-18-65-49(42)83)77-120(96,97)107-12-29-24(6-37(113-29)80-4-2-35(59)70-56(80)91)75-123(102,103)111-17-34-45(87)46(88)54(118-34)81-5-3-36(86)71-57(81)92/h2-5,11,18-22,24-34,37-41,45-46,54,87-88H,6-10,12-17H2,1H3,(H2,59,70,91)(H2,60,63,65)(H2,61,64,66)(H,71,86,92)(H,74,89,93)(H2,75,102,103)(H2,76,94,95)(H2,77,96,97)(H2,78,98,99)(H2,79,100,101)(H2,104,105,106)(H3,62,72,73,90)/t24-,25-,26-,27-,28-,29+,30+,31+,32+,33+,34+,37+,38+,39+,40+,41+,45+,46+,54+/m0/s1. The van der Waals surface area contributed by atoms with Crippen molar-refractivity contribution in [2.24, 2.45) is 0 Å². The maximum Gasteiger partial charge on any atom is 0.469 e. The second-order valence-electron chi connectivity index (χ2n) is 28.9. The number of aromatic amines is 3. The van der Waals surface area contributed by atoms with Crippen LogP contribution < -0.4 is 82.1 Å². The lowest BCUT2D eigenvalue weighted by molar-refractivity contribution is -0.0530. The minimum absolute atomic E-state index is 0.000853. The number of nitrogens with one attached hydrogen (secondary N) is 8. The highest BCUT2D eigenvalue weighted by atomic mass is 31.2. The maximum atomic E-state index is 14.7. The van der Waals surface area contributed by atoms with Crippen LogP contribution in [-0.2, 0) is 83.0 Å². The zero-order chi connectivity index (χ0) is 88.6. The second kappa shape index (κ2) is 35.5. The van der Waals surface area contributed by atoms with Crippen LogP contribution in [0.5, 0.6) is 0 Å². The molecule has 674 valence electrons. The number of hydrogen-bond acceptors (Lipinski definition) is 39. The summed E-state index contributed by atoms with van der Waals surface area (Å²) in [6.45, 7) is -4.37. The molecule has 9 aromatic rings. The first-order valence-corrected chi connectivity index (χ1v) is 46.2. The van der Waals surface area contributed by atoms with Crippen LogP contribution in [0.4, 0.5) is 23.4 Å². The molecular weight excluding hydrogens is 1790 g/mol. The molecule has 6 aliphatic rings. The van der Waals surface area contributed by atoms with Gasteiger partial charge in [0.1, 0.15) is 85.1 Å². The number of nitrogens with two attached hydrogens (primary N) is 4. The first-order valence-electron chi connectivity index (χ1n) is 36.8. The number of phosphoric ester groups is 1. The first-order chi connectivity index (χ1) is 58.5. The summed E-state index contributed by atoms with van der Waals surface area (Å²) in [5.74, 6) is -0.664. The van der Waals surface area contributed by atoms with Crippen molar-refractivity contribution in [2.45, 2.75) is 155 Å². The predicted octanol–water partition coefficient (Wildman–Crippen LogP) is -5.66. The van der Waals surface area contributed by atoms with Crippen molar-refractivity contribution in [1.82, 2.24) is 113 Å². The molecule has 24 atom stereocenters. The Morgan fingerprint density at radius 1 is 0.427 bits per heavy atom. The van der Waals surface area contributed by atoms with E-state index in [9.17, 15) is 101 Å². The predicted molar refractivity (Wildman–Crippen MR) is 412 cm³/mol.